The van der Waals surface area contributed by atoms with E-state index >= 15 is 0 Å². The number of rotatable bonds is 4. The Morgan fingerprint density at radius 2 is 2.00 bits per heavy atom. The Labute approximate surface area is 182 Å². The van der Waals surface area contributed by atoms with E-state index in [1.165, 1.54) is 19.3 Å². The van der Waals surface area contributed by atoms with Crippen molar-refractivity contribution >= 4 is 29.4 Å². The zero-order valence-corrected chi connectivity index (χ0v) is 16.9. The highest BCUT2D eigenvalue weighted by molar-refractivity contribution is 7.80. The van der Waals surface area contributed by atoms with E-state index in [0.717, 1.165) is 35.2 Å². The molecule has 3 rings (SSSR count). The van der Waals surface area contributed by atoms with Gasteiger partial charge in [-0.1, -0.05) is 6.07 Å². The van der Waals surface area contributed by atoms with Crippen LogP contribution in [0.2, 0.25) is 0 Å². The van der Waals surface area contributed by atoms with Crippen LogP contribution in [-0.4, -0.2) is 45.8 Å². The molecule has 0 bridgehead atoms. The van der Waals surface area contributed by atoms with Crippen LogP contribution in [0.4, 0.5) is 26.3 Å². The Kier molecular flexibility index (Phi) is 6.49. The number of halogens is 6. The summed E-state index contributed by atoms with van der Waals surface area (Å²) in [6.07, 6.45) is -10.5. The van der Waals surface area contributed by atoms with E-state index in [2.05, 4.69) is 9.72 Å². The topological polar surface area (TPSA) is 62.6 Å². The van der Waals surface area contributed by atoms with Gasteiger partial charge in [0.1, 0.15) is 12.1 Å². The van der Waals surface area contributed by atoms with E-state index < -0.39 is 46.8 Å². The van der Waals surface area contributed by atoms with Crippen LogP contribution < -0.4 is 4.74 Å². The molecule has 2 heterocycles. The molecule has 2 unspecified atom stereocenters. The lowest BCUT2D eigenvalue weighted by molar-refractivity contribution is -0.201. The van der Waals surface area contributed by atoms with E-state index in [0.29, 0.717) is 0 Å². The molecule has 0 amide bonds. The predicted octanol–water partition coefficient (Wildman–Crippen LogP) is 4.61. The highest BCUT2D eigenvalue weighted by atomic mass is 32.1. The number of hydrogen-bond acceptors (Lipinski definition) is 6. The molecule has 0 N–H and O–H groups in total. The number of thiocarbonyl (C=S) groups is 1. The van der Waals surface area contributed by atoms with Gasteiger partial charge in [0.05, 0.1) is 12.2 Å². The minimum Gasteiger partial charge on any atom is -0.475 e. The first-order valence-corrected chi connectivity index (χ1v) is 9.34. The van der Waals surface area contributed by atoms with Crippen molar-refractivity contribution in [3.63, 3.8) is 0 Å². The Morgan fingerprint density at radius 1 is 1.28 bits per heavy atom. The molecular formula is C19H14F6N2O4S. The fourth-order valence-electron chi connectivity index (χ4n) is 2.86. The number of ether oxygens (including phenoxy) is 3. The van der Waals surface area contributed by atoms with Crippen molar-refractivity contribution in [3.05, 3.63) is 53.6 Å². The lowest BCUT2D eigenvalue weighted by Gasteiger charge is -2.29. The summed E-state index contributed by atoms with van der Waals surface area (Å²) in [6, 6.07) is 2.75. The summed E-state index contributed by atoms with van der Waals surface area (Å²) in [6.45, 7) is 1.19. The van der Waals surface area contributed by atoms with Crippen molar-refractivity contribution in [1.29, 1.82) is 0 Å². The second kappa shape index (κ2) is 8.81. The minimum atomic E-state index is -4.95. The Morgan fingerprint density at radius 3 is 2.56 bits per heavy atom. The van der Waals surface area contributed by atoms with Gasteiger partial charge in [-0.15, -0.1) is 0 Å². The van der Waals surface area contributed by atoms with Crippen molar-refractivity contribution < 1.29 is 45.3 Å². The van der Waals surface area contributed by atoms with Crippen LogP contribution in [0.15, 0.2) is 42.5 Å². The first kappa shape index (κ1) is 23.6. The molecule has 2 aromatic rings. The first-order chi connectivity index (χ1) is 14.9. The number of imidazole rings is 1. The van der Waals surface area contributed by atoms with Crippen LogP contribution in [0.3, 0.4) is 0 Å². The van der Waals surface area contributed by atoms with Gasteiger partial charge in [-0.05, 0) is 37.4 Å². The van der Waals surface area contributed by atoms with E-state index in [-0.39, 0.29) is 17.9 Å². The van der Waals surface area contributed by atoms with Crippen molar-refractivity contribution in [2.75, 3.05) is 6.61 Å². The maximum absolute atomic E-state index is 13.7. The molecule has 1 aromatic heterocycles. The van der Waals surface area contributed by atoms with E-state index in [4.69, 9.17) is 21.7 Å². The standard InChI is InChI=1S/C19H14F6N2O4S/c1-2-29-16(28)12-8-11-7-10(3-4-13(11)30-15(12)19(23,24)25)14(18(20,21)22)31-17(32)27-6-5-26-9-27/h3-9,14-15H,2H2,1H3. The third-order valence-electron chi connectivity index (χ3n) is 4.21. The number of benzene rings is 1. The monoisotopic (exact) mass is 480 g/mol. The first-order valence-electron chi connectivity index (χ1n) is 8.93. The molecular weight excluding hydrogens is 466 g/mol. The van der Waals surface area contributed by atoms with Crippen molar-refractivity contribution in [1.82, 2.24) is 9.55 Å². The Bertz CT molecular complexity index is 1030. The average molecular weight is 480 g/mol. The second-order valence-electron chi connectivity index (χ2n) is 6.43. The maximum atomic E-state index is 13.7. The van der Waals surface area contributed by atoms with Gasteiger partial charge < -0.3 is 14.2 Å². The summed E-state index contributed by atoms with van der Waals surface area (Å²) in [4.78, 5) is 15.7. The molecule has 0 fully saturated rings. The minimum absolute atomic E-state index is 0.183. The van der Waals surface area contributed by atoms with Crippen molar-refractivity contribution in [2.24, 2.45) is 0 Å². The number of hydrogen-bond donors (Lipinski definition) is 0. The SMILES string of the molecule is CCOC(=O)C1=Cc2cc(C(OC(=S)n3ccnc3)C(F)(F)F)ccc2OC1C(F)(F)F. The van der Waals surface area contributed by atoms with E-state index in [9.17, 15) is 31.1 Å². The Balaban J connectivity index is 2.00. The van der Waals surface area contributed by atoms with Gasteiger partial charge in [-0.25, -0.2) is 9.78 Å². The summed E-state index contributed by atoms with van der Waals surface area (Å²) in [5.41, 5.74) is -1.54. The summed E-state index contributed by atoms with van der Waals surface area (Å²) in [5.74, 6) is -1.65. The summed E-state index contributed by atoms with van der Waals surface area (Å²) >= 11 is 4.86. The van der Waals surface area contributed by atoms with Gasteiger partial charge in [0.2, 0.25) is 12.2 Å². The van der Waals surface area contributed by atoms with Crippen LogP contribution in [-0.2, 0) is 14.3 Å². The molecule has 2 atom stereocenters. The number of nitrogens with zero attached hydrogens (tertiary/aromatic N) is 2. The van der Waals surface area contributed by atoms with Gasteiger partial charge >= 0.3 is 18.3 Å². The molecule has 0 saturated carbocycles. The van der Waals surface area contributed by atoms with Crippen LogP contribution >= 0.6 is 12.2 Å². The average Bonchev–Trinajstić information content (AvgIpc) is 3.24. The van der Waals surface area contributed by atoms with Crippen LogP contribution in [0.5, 0.6) is 5.75 Å². The number of fused-ring (bicyclic) bond motifs is 1. The van der Waals surface area contributed by atoms with Crippen molar-refractivity contribution in [3.8, 4) is 5.75 Å². The molecule has 0 spiro atoms. The third kappa shape index (κ3) is 5.03. The smallest absolute Gasteiger partial charge is 0.430 e. The molecule has 1 aromatic carbocycles. The molecule has 6 nitrogen and oxygen atoms in total. The molecule has 0 saturated heterocycles. The lowest BCUT2D eigenvalue weighted by atomic mass is 9.98. The third-order valence-corrected chi connectivity index (χ3v) is 4.52. The number of esters is 1. The number of alkyl halides is 6. The maximum Gasteiger partial charge on any atom is 0.430 e. The van der Waals surface area contributed by atoms with Gasteiger partial charge in [0.15, 0.2) is 0 Å². The van der Waals surface area contributed by atoms with E-state index in [1.807, 2.05) is 0 Å². The predicted molar refractivity (Wildman–Crippen MR) is 102 cm³/mol. The fraction of sp³-hybridized carbons (Fsp3) is 0.316. The van der Waals surface area contributed by atoms with Crippen LogP contribution in [0.25, 0.3) is 6.08 Å². The lowest BCUT2D eigenvalue weighted by Crippen LogP contribution is -2.40. The van der Waals surface area contributed by atoms with Gasteiger partial charge in [0.25, 0.3) is 5.17 Å². The molecule has 172 valence electrons. The molecule has 13 heteroatoms. The summed E-state index contributed by atoms with van der Waals surface area (Å²) in [5, 5.41) is -0.543. The second-order valence-corrected chi connectivity index (χ2v) is 6.78. The highest BCUT2D eigenvalue weighted by Crippen LogP contribution is 2.41. The summed E-state index contributed by atoms with van der Waals surface area (Å²) < 4.78 is 96.6. The molecule has 0 aliphatic carbocycles. The summed E-state index contributed by atoms with van der Waals surface area (Å²) in [7, 11) is 0. The van der Waals surface area contributed by atoms with Gasteiger partial charge in [-0.2, -0.15) is 26.3 Å². The van der Waals surface area contributed by atoms with E-state index in [1.54, 1.807) is 0 Å². The number of carbonyl (C=O) groups excluding carboxylic acids is 1. The molecule has 32 heavy (non-hydrogen) atoms. The zero-order valence-electron chi connectivity index (χ0n) is 16.1. The normalized spacial score (nSPS) is 17.0. The van der Waals surface area contributed by atoms with Gasteiger partial charge in [-0.3, -0.25) is 4.57 Å². The quantitative estimate of drug-likeness (QED) is 0.362. The zero-order chi connectivity index (χ0) is 23.7. The highest BCUT2D eigenvalue weighted by Gasteiger charge is 2.49. The molecule has 1 aliphatic heterocycles. The largest absolute Gasteiger partial charge is 0.475 e. The molecule has 1 aliphatic rings. The number of carbonyl (C=O) groups is 1. The van der Waals surface area contributed by atoms with Crippen LogP contribution in [0.1, 0.15) is 24.2 Å². The molecule has 0 radical (unpaired) electrons. The number of aromatic nitrogens is 2. The van der Waals surface area contributed by atoms with Gasteiger partial charge in [0, 0.05) is 23.5 Å². The van der Waals surface area contributed by atoms with Crippen molar-refractivity contribution in [2.45, 2.75) is 31.5 Å². The fourth-order valence-corrected chi connectivity index (χ4v) is 3.06. The Hall–Kier alpha value is -3.09. The van der Waals surface area contributed by atoms with Crippen LogP contribution in [0, 0.1) is 0 Å².